The van der Waals surface area contributed by atoms with Gasteiger partial charge in [0.25, 0.3) is 0 Å². The highest BCUT2D eigenvalue weighted by Gasteiger charge is 2.27. The molecule has 1 aliphatic rings. The predicted molar refractivity (Wildman–Crippen MR) is 85.1 cm³/mol. The number of amides is 1. The van der Waals surface area contributed by atoms with Crippen LogP contribution in [0.4, 0.5) is 0 Å². The second-order valence-corrected chi connectivity index (χ2v) is 6.50. The second-order valence-electron chi connectivity index (χ2n) is 5.39. The number of fused-ring (bicyclic) bond motifs is 3. The van der Waals surface area contributed by atoms with E-state index in [0.717, 1.165) is 25.7 Å². The average Bonchev–Trinajstić information content (AvgIpc) is 2.85. The van der Waals surface area contributed by atoms with Gasteiger partial charge in [-0.2, -0.15) is 0 Å². The summed E-state index contributed by atoms with van der Waals surface area (Å²) in [7, 11) is 0. The van der Waals surface area contributed by atoms with Crippen molar-refractivity contribution in [2.75, 3.05) is 0 Å². The fourth-order valence-corrected chi connectivity index (χ4v) is 3.17. The van der Waals surface area contributed by atoms with Crippen LogP contribution in [0.25, 0.3) is 10.9 Å². The van der Waals surface area contributed by atoms with Gasteiger partial charge in [0, 0.05) is 22.2 Å². The molecule has 0 saturated carbocycles. The molecule has 0 spiro atoms. The number of nitrogens with one attached hydrogen (secondary N) is 2. The maximum atomic E-state index is 12.1. The summed E-state index contributed by atoms with van der Waals surface area (Å²) < 4.78 is 0. The number of para-hydroxylation sites is 1. The molecule has 106 valence electrons. The Labute approximate surface area is 127 Å². The lowest BCUT2D eigenvalue weighted by Gasteiger charge is -2.25. The van der Waals surface area contributed by atoms with Crippen molar-refractivity contribution in [3.63, 3.8) is 0 Å². The van der Waals surface area contributed by atoms with Crippen molar-refractivity contribution in [1.29, 1.82) is 0 Å². The minimum Gasteiger partial charge on any atom is -0.358 e. The number of aromatic amines is 1. The van der Waals surface area contributed by atoms with Crippen molar-refractivity contribution in [2.45, 2.75) is 43.5 Å². The molecule has 0 saturated heterocycles. The van der Waals surface area contributed by atoms with E-state index in [2.05, 4.69) is 44.4 Å². The number of carbonyl (C=O) groups is 1. The minimum atomic E-state index is -0.0990. The number of H-pyrrole nitrogens is 1. The van der Waals surface area contributed by atoms with E-state index in [9.17, 15) is 4.79 Å². The van der Waals surface area contributed by atoms with Crippen LogP contribution >= 0.6 is 15.9 Å². The smallest absolute Gasteiger partial charge is 0.234 e. The van der Waals surface area contributed by atoms with Crippen molar-refractivity contribution < 1.29 is 4.79 Å². The number of alkyl halides is 1. The number of aryl methyl sites for hydroxylation is 1. The normalized spacial score (nSPS) is 19.6. The van der Waals surface area contributed by atoms with Gasteiger partial charge < -0.3 is 10.3 Å². The summed E-state index contributed by atoms with van der Waals surface area (Å²) in [5, 5.41) is 4.44. The molecule has 2 unspecified atom stereocenters. The Bertz CT molecular complexity index is 634. The number of hydrogen-bond acceptors (Lipinski definition) is 1. The molecule has 2 N–H and O–H groups in total. The van der Waals surface area contributed by atoms with Crippen molar-refractivity contribution in [2.24, 2.45) is 0 Å². The highest BCUT2D eigenvalue weighted by atomic mass is 79.9. The maximum Gasteiger partial charge on any atom is 0.234 e. The first-order valence-electron chi connectivity index (χ1n) is 7.24. The van der Waals surface area contributed by atoms with Crippen LogP contribution in [-0.4, -0.2) is 15.7 Å². The number of halogens is 1. The van der Waals surface area contributed by atoms with Crippen molar-refractivity contribution in [3.8, 4) is 0 Å². The molecule has 3 nitrogen and oxygen atoms in total. The molecular formula is C16H19BrN2O. The lowest BCUT2D eigenvalue weighted by atomic mass is 9.90. The first kappa shape index (κ1) is 13.7. The quantitative estimate of drug-likeness (QED) is 0.823. The number of hydrogen-bond donors (Lipinski definition) is 2. The summed E-state index contributed by atoms with van der Waals surface area (Å²) in [5.41, 5.74) is 3.74. The van der Waals surface area contributed by atoms with Crippen LogP contribution in [0.1, 0.15) is 43.5 Å². The van der Waals surface area contributed by atoms with Gasteiger partial charge in [0.1, 0.15) is 0 Å². The summed E-state index contributed by atoms with van der Waals surface area (Å²) in [6.45, 7) is 2.01. The zero-order chi connectivity index (χ0) is 14.1. The van der Waals surface area contributed by atoms with Gasteiger partial charge in [-0.05, 0) is 31.7 Å². The monoisotopic (exact) mass is 334 g/mol. The Kier molecular flexibility index (Phi) is 3.83. The third kappa shape index (κ3) is 2.37. The molecule has 0 radical (unpaired) electrons. The molecule has 0 fully saturated rings. The van der Waals surface area contributed by atoms with Gasteiger partial charge in [-0.1, -0.05) is 41.1 Å². The molecule has 0 bridgehead atoms. The van der Waals surface area contributed by atoms with Crippen molar-refractivity contribution in [3.05, 3.63) is 35.5 Å². The van der Waals surface area contributed by atoms with Crippen LogP contribution in [0.15, 0.2) is 24.3 Å². The first-order chi connectivity index (χ1) is 9.70. The molecular weight excluding hydrogens is 316 g/mol. The average molecular weight is 335 g/mol. The fraction of sp³-hybridized carbons (Fsp3) is 0.438. The first-order valence-corrected chi connectivity index (χ1v) is 8.16. The Morgan fingerprint density at radius 1 is 1.50 bits per heavy atom. The lowest BCUT2D eigenvalue weighted by molar-refractivity contribution is -0.121. The van der Waals surface area contributed by atoms with Gasteiger partial charge in [0.15, 0.2) is 0 Å². The molecule has 1 aromatic carbocycles. The Morgan fingerprint density at radius 2 is 2.30 bits per heavy atom. The molecule has 2 aromatic rings. The van der Waals surface area contributed by atoms with Gasteiger partial charge in [0.2, 0.25) is 5.91 Å². The van der Waals surface area contributed by atoms with Crippen LogP contribution < -0.4 is 5.32 Å². The van der Waals surface area contributed by atoms with E-state index < -0.39 is 0 Å². The van der Waals surface area contributed by atoms with E-state index in [1.165, 1.54) is 22.2 Å². The number of benzene rings is 1. The summed E-state index contributed by atoms with van der Waals surface area (Å²) >= 11 is 3.43. The second kappa shape index (κ2) is 5.60. The fourth-order valence-electron chi connectivity index (χ4n) is 3.03. The molecule has 2 atom stereocenters. The Morgan fingerprint density at radius 3 is 3.10 bits per heavy atom. The van der Waals surface area contributed by atoms with Crippen LogP contribution in [0.3, 0.4) is 0 Å². The zero-order valence-corrected chi connectivity index (χ0v) is 13.2. The molecule has 0 aliphatic heterocycles. The topological polar surface area (TPSA) is 44.9 Å². The van der Waals surface area contributed by atoms with Crippen LogP contribution in [0.5, 0.6) is 0 Å². The molecule has 1 aromatic heterocycles. The summed E-state index contributed by atoms with van der Waals surface area (Å²) in [4.78, 5) is 15.5. The van der Waals surface area contributed by atoms with Gasteiger partial charge in [0.05, 0.1) is 10.9 Å². The van der Waals surface area contributed by atoms with Crippen LogP contribution in [-0.2, 0) is 11.2 Å². The van der Waals surface area contributed by atoms with E-state index >= 15 is 0 Å². The van der Waals surface area contributed by atoms with E-state index in [-0.39, 0.29) is 16.8 Å². The van der Waals surface area contributed by atoms with Gasteiger partial charge in [-0.15, -0.1) is 0 Å². The maximum absolute atomic E-state index is 12.1. The van der Waals surface area contributed by atoms with E-state index in [1.807, 2.05) is 13.0 Å². The zero-order valence-electron chi connectivity index (χ0n) is 11.6. The Balaban J connectivity index is 1.95. The predicted octanol–water partition coefficient (Wildman–Crippen LogP) is 3.84. The van der Waals surface area contributed by atoms with Crippen LogP contribution in [0.2, 0.25) is 0 Å². The van der Waals surface area contributed by atoms with E-state index in [0.29, 0.717) is 0 Å². The molecule has 1 heterocycles. The van der Waals surface area contributed by atoms with E-state index in [1.54, 1.807) is 0 Å². The minimum absolute atomic E-state index is 0.0932. The van der Waals surface area contributed by atoms with E-state index in [4.69, 9.17) is 0 Å². The molecule has 3 rings (SSSR count). The number of rotatable bonds is 3. The molecule has 4 heteroatoms. The molecule has 20 heavy (non-hydrogen) atoms. The van der Waals surface area contributed by atoms with Gasteiger partial charge >= 0.3 is 0 Å². The molecule has 1 aliphatic carbocycles. The summed E-state index contributed by atoms with van der Waals surface area (Å²) in [6.07, 6.45) is 4.01. The van der Waals surface area contributed by atoms with Crippen LogP contribution in [0, 0.1) is 0 Å². The largest absolute Gasteiger partial charge is 0.358 e. The highest BCUT2D eigenvalue weighted by Crippen LogP contribution is 2.35. The summed E-state index contributed by atoms with van der Waals surface area (Å²) in [6, 6.07) is 8.48. The highest BCUT2D eigenvalue weighted by molar-refractivity contribution is 9.10. The lowest BCUT2D eigenvalue weighted by Crippen LogP contribution is -2.35. The molecule has 1 amide bonds. The van der Waals surface area contributed by atoms with Crippen molar-refractivity contribution in [1.82, 2.24) is 10.3 Å². The SMILES string of the molecule is CCC(Br)C(=O)NC1CCCc2[nH]c3ccccc3c21. The van der Waals surface area contributed by atoms with Gasteiger partial charge in [-0.3, -0.25) is 4.79 Å². The standard InChI is InChI=1S/C16H19BrN2O/c1-2-11(17)16(20)19-14-9-5-8-13-15(14)10-6-3-4-7-12(10)18-13/h3-4,6-7,11,14,18H,2,5,8-9H2,1H3,(H,19,20). The Hall–Kier alpha value is -1.29. The third-order valence-electron chi connectivity index (χ3n) is 4.06. The van der Waals surface area contributed by atoms with Crippen molar-refractivity contribution >= 4 is 32.7 Å². The summed E-state index contributed by atoms with van der Waals surface area (Å²) in [5.74, 6) is 0.0932. The number of carbonyl (C=O) groups excluding carboxylic acids is 1. The van der Waals surface area contributed by atoms with Gasteiger partial charge in [-0.25, -0.2) is 0 Å². The third-order valence-corrected chi connectivity index (χ3v) is 5.12. The number of aromatic nitrogens is 1.